The number of hydrogen-bond acceptors (Lipinski definition) is 6. The molecule has 3 rings (SSSR count). The van der Waals surface area contributed by atoms with E-state index in [-0.39, 0.29) is 36.4 Å². The van der Waals surface area contributed by atoms with Crippen LogP contribution in [0.1, 0.15) is 71.4 Å². The Kier molecular flexibility index (Phi) is 10.5. The van der Waals surface area contributed by atoms with Crippen molar-refractivity contribution in [2.24, 2.45) is 5.92 Å². The standard InChI is InChI=1S/C31H42N2O5/c1-6-13-25(22(2)34)18-27-26(32-30(36)37-21-24-16-11-8-12-17-24)19-28(29(35)38-31(3,4)5)33(27)20-23-14-9-7-10-15-23/h7-12,14-17,25-28H,6,13,18-21H2,1-5H3,(H,32,36)/t25?,26-,27-,28-/m1/s1. The first-order valence-electron chi connectivity index (χ1n) is 13.6. The molecule has 0 saturated carbocycles. The zero-order valence-electron chi connectivity index (χ0n) is 23.3. The number of carbonyl (C=O) groups excluding carboxylic acids is 3. The van der Waals surface area contributed by atoms with E-state index >= 15 is 0 Å². The molecule has 1 N–H and O–H groups in total. The minimum atomic E-state index is -0.644. The molecule has 0 radical (unpaired) electrons. The van der Waals surface area contributed by atoms with Crippen molar-refractivity contribution in [2.45, 2.75) is 97.2 Å². The largest absolute Gasteiger partial charge is 0.459 e. The van der Waals surface area contributed by atoms with Gasteiger partial charge in [-0.3, -0.25) is 14.5 Å². The summed E-state index contributed by atoms with van der Waals surface area (Å²) < 4.78 is 11.3. The monoisotopic (exact) mass is 522 g/mol. The van der Waals surface area contributed by atoms with E-state index in [1.54, 1.807) is 6.92 Å². The number of hydrogen-bond donors (Lipinski definition) is 1. The van der Waals surface area contributed by atoms with Crippen molar-refractivity contribution in [3.63, 3.8) is 0 Å². The summed E-state index contributed by atoms with van der Waals surface area (Å²) in [7, 11) is 0. The van der Waals surface area contributed by atoms with E-state index in [1.807, 2.05) is 81.4 Å². The highest BCUT2D eigenvalue weighted by molar-refractivity contribution is 5.79. The van der Waals surface area contributed by atoms with E-state index in [1.165, 1.54) is 0 Å². The van der Waals surface area contributed by atoms with Crippen molar-refractivity contribution in [2.75, 3.05) is 0 Å². The number of ether oxygens (including phenoxy) is 2. The number of benzene rings is 2. The van der Waals surface area contributed by atoms with E-state index < -0.39 is 17.7 Å². The quantitative estimate of drug-likeness (QED) is 0.383. The fourth-order valence-corrected chi connectivity index (χ4v) is 5.12. The number of rotatable bonds is 11. The van der Waals surface area contributed by atoms with Gasteiger partial charge in [-0.2, -0.15) is 0 Å². The molecule has 7 nitrogen and oxygen atoms in total. The molecule has 1 aliphatic rings. The van der Waals surface area contributed by atoms with Crippen molar-refractivity contribution in [3.8, 4) is 0 Å². The van der Waals surface area contributed by atoms with Crippen molar-refractivity contribution in [3.05, 3.63) is 71.8 Å². The zero-order chi connectivity index (χ0) is 27.7. The summed E-state index contributed by atoms with van der Waals surface area (Å²) >= 11 is 0. The van der Waals surface area contributed by atoms with Gasteiger partial charge in [-0.15, -0.1) is 0 Å². The van der Waals surface area contributed by atoms with Crippen LogP contribution in [0.25, 0.3) is 0 Å². The lowest BCUT2D eigenvalue weighted by Gasteiger charge is -2.33. The predicted octanol–water partition coefficient (Wildman–Crippen LogP) is 5.66. The maximum atomic E-state index is 13.4. The molecule has 0 aliphatic carbocycles. The van der Waals surface area contributed by atoms with Crippen molar-refractivity contribution in [1.29, 1.82) is 0 Å². The van der Waals surface area contributed by atoms with Crippen LogP contribution in [-0.2, 0) is 32.2 Å². The Balaban J connectivity index is 1.88. The number of nitrogens with one attached hydrogen (secondary N) is 1. The summed E-state index contributed by atoms with van der Waals surface area (Å²) in [6.07, 6.45) is 2.02. The molecule has 7 heteroatoms. The van der Waals surface area contributed by atoms with Gasteiger partial charge in [0.05, 0.1) is 0 Å². The fourth-order valence-electron chi connectivity index (χ4n) is 5.12. The highest BCUT2D eigenvalue weighted by atomic mass is 16.6. The molecule has 0 spiro atoms. The van der Waals surface area contributed by atoms with Crippen LogP contribution in [-0.4, -0.2) is 46.5 Å². The molecule has 1 aliphatic heterocycles. The molecule has 206 valence electrons. The van der Waals surface area contributed by atoms with Gasteiger partial charge in [0.1, 0.15) is 24.0 Å². The maximum absolute atomic E-state index is 13.4. The van der Waals surface area contributed by atoms with Crippen LogP contribution in [0, 0.1) is 5.92 Å². The van der Waals surface area contributed by atoms with Crippen LogP contribution in [0.3, 0.4) is 0 Å². The van der Waals surface area contributed by atoms with Crippen LogP contribution in [0.15, 0.2) is 60.7 Å². The molecule has 38 heavy (non-hydrogen) atoms. The molecule has 2 aromatic rings. The van der Waals surface area contributed by atoms with E-state index in [9.17, 15) is 14.4 Å². The lowest BCUT2D eigenvalue weighted by molar-refractivity contribution is -0.161. The summed E-state index contributed by atoms with van der Waals surface area (Å²) in [5, 5.41) is 3.03. The van der Waals surface area contributed by atoms with E-state index in [0.29, 0.717) is 19.4 Å². The zero-order valence-corrected chi connectivity index (χ0v) is 23.3. The van der Waals surface area contributed by atoms with Gasteiger partial charge < -0.3 is 14.8 Å². The second-order valence-electron chi connectivity index (χ2n) is 11.2. The lowest BCUT2D eigenvalue weighted by Crippen LogP contribution is -2.48. The molecule has 0 aromatic heterocycles. The number of nitrogens with zero attached hydrogens (tertiary/aromatic N) is 1. The highest BCUT2D eigenvalue weighted by Gasteiger charge is 2.47. The summed E-state index contributed by atoms with van der Waals surface area (Å²) in [6, 6.07) is 18.2. The Morgan fingerprint density at radius 1 is 1.00 bits per heavy atom. The second-order valence-corrected chi connectivity index (χ2v) is 11.2. The summed E-state index contributed by atoms with van der Waals surface area (Å²) in [4.78, 5) is 41.0. The molecule has 0 bridgehead atoms. The average Bonchev–Trinajstić information content (AvgIpc) is 3.19. The van der Waals surface area contributed by atoms with Crippen LogP contribution >= 0.6 is 0 Å². The Morgan fingerprint density at radius 3 is 2.16 bits per heavy atom. The van der Waals surface area contributed by atoms with Gasteiger partial charge in [-0.05, 0) is 58.1 Å². The minimum Gasteiger partial charge on any atom is -0.459 e. The molecule has 1 unspecified atom stereocenters. The third kappa shape index (κ3) is 8.69. The van der Waals surface area contributed by atoms with Gasteiger partial charge in [0.2, 0.25) is 0 Å². The Bertz CT molecular complexity index is 1050. The summed E-state index contributed by atoms with van der Waals surface area (Å²) in [5.74, 6) is -0.363. The molecule has 1 fully saturated rings. The molecule has 1 amide bonds. The third-order valence-corrected chi connectivity index (χ3v) is 6.91. The molecule has 4 atom stereocenters. The number of likely N-dealkylation sites (tertiary alicyclic amines) is 1. The number of Topliss-reactive ketones (excluding diaryl/α,β-unsaturated/α-hetero) is 1. The van der Waals surface area contributed by atoms with Crippen molar-refractivity contribution < 1.29 is 23.9 Å². The summed E-state index contributed by atoms with van der Waals surface area (Å²) in [6.45, 7) is 9.89. The van der Waals surface area contributed by atoms with Crippen molar-refractivity contribution in [1.82, 2.24) is 10.2 Å². The molecule has 1 saturated heterocycles. The number of ketones is 1. The number of alkyl carbamates (subject to hydrolysis) is 1. The third-order valence-electron chi connectivity index (χ3n) is 6.91. The van der Waals surface area contributed by atoms with E-state index in [0.717, 1.165) is 24.0 Å². The van der Waals surface area contributed by atoms with Crippen LogP contribution in [0.2, 0.25) is 0 Å². The van der Waals surface area contributed by atoms with Gasteiger partial charge in [-0.1, -0.05) is 74.0 Å². The fraction of sp³-hybridized carbons (Fsp3) is 0.516. The average molecular weight is 523 g/mol. The van der Waals surface area contributed by atoms with Gasteiger partial charge >= 0.3 is 12.1 Å². The Morgan fingerprint density at radius 2 is 1.61 bits per heavy atom. The number of esters is 1. The van der Waals surface area contributed by atoms with Crippen LogP contribution < -0.4 is 5.32 Å². The first kappa shape index (κ1) is 29.4. The summed E-state index contributed by atoms with van der Waals surface area (Å²) in [5.41, 5.74) is 1.30. The van der Waals surface area contributed by atoms with Gasteiger partial charge in [0.15, 0.2) is 0 Å². The predicted molar refractivity (Wildman–Crippen MR) is 147 cm³/mol. The topological polar surface area (TPSA) is 84.9 Å². The molecule has 2 aromatic carbocycles. The highest BCUT2D eigenvalue weighted by Crippen LogP contribution is 2.34. The van der Waals surface area contributed by atoms with Crippen LogP contribution in [0.4, 0.5) is 4.79 Å². The van der Waals surface area contributed by atoms with Gasteiger partial charge in [0.25, 0.3) is 0 Å². The Labute approximate surface area is 226 Å². The minimum absolute atomic E-state index is 0.123. The second kappa shape index (κ2) is 13.6. The van der Waals surface area contributed by atoms with Gasteiger partial charge in [-0.25, -0.2) is 4.79 Å². The number of amides is 1. The van der Waals surface area contributed by atoms with E-state index in [4.69, 9.17) is 9.47 Å². The van der Waals surface area contributed by atoms with Crippen molar-refractivity contribution >= 4 is 17.8 Å². The SMILES string of the molecule is CCCC(C[C@@H]1[C@H](NC(=O)OCc2ccccc2)C[C@H](C(=O)OC(C)(C)C)N1Cc1ccccc1)C(C)=O. The van der Waals surface area contributed by atoms with E-state index in [2.05, 4.69) is 17.1 Å². The molecular weight excluding hydrogens is 480 g/mol. The molecule has 1 heterocycles. The normalized spacial score (nSPS) is 20.5. The Hall–Kier alpha value is -3.19. The van der Waals surface area contributed by atoms with Crippen LogP contribution in [0.5, 0.6) is 0 Å². The number of carbonyl (C=O) groups is 3. The smallest absolute Gasteiger partial charge is 0.407 e. The van der Waals surface area contributed by atoms with Gasteiger partial charge in [0, 0.05) is 24.5 Å². The first-order chi connectivity index (χ1) is 18.1. The lowest BCUT2D eigenvalue weighted by atomic mass is 9.89. The first-order valence-corrected chi connectivity index (χ1v) is 13.6. The maximum Gasteiger partial charge on any atom is 0.407 e. The molecular formula is C31H42N2O5.